The second-order valence-electron chi connectivity index (χ2n) is 8.55. The maximum Gasteiger partial charge on any atom is 0.407 e. The molecule has 1 unspecified atom stereocenters. The molecule has 1 amide bonds. The first-order chi connectivity index (χ1) is 14.4. The zero-order chi connectivity index (χ0) is 23.2. The van der Waals surface area contributed by atoms with Gasteiger partial charge >= 0.3 is 6.09 Å². The molecule has 0 spiro atoms. The van der Waals surface area contributed by atoms with Crippen LogP contribution in [0.25, 0.3) is 0 Å². The zero-order valence-electron chi connectivity index (χ0n) is 18.3. The quantitative estimate of drug-likeness (QED) is 0.412. The van der Waals surface area contributed by atoms with Gasteiger partial charge in [-0.2, -0.15) is 0 Å². The number of ether oxygens (including phenoxy) is 3. The molecular weight excluding hydrogens is 461 g/mol. The maximum atomic E-state index is 12.2. The Hall–Kier alpha value is -1.82. The molecule has 1 N–H and O–H groups in total. The van der Waals surface area contributed by atoms with Crippen molar-refractivity contribution in [2.45, 2.75) is 52.7 Å². The van der Waals surface area contributed by atoms with Crippen molar-refractivity contribution < 1.29 is 19.0 Å². The number of alkyl carbamates (subject to hydrolysis) is 1. The number of halogens is 3. The number of hydrogen-bond donors (Lipinski definition) is 1. The van der Waals surface area contributed by atoms with Crippen molar-refractivity contribution in [1.29, 1.82) is 0 Å². The SMILES string of the molecule is CC(C)CC(COc1cc(Cl)ccc1Oc1ccc(Cl)cc1Cl)NC(=O)OC(C)(C)C. The molecule has 0 aliphatic rings. The Morgan fingerprint density at radius 1 is 0.968 bits per heavy atom. The van der Waals surface area contributed by atoms with E-state index in [0.717, 1.165) is 0 Å². The van der Waals surface area contributed by atoms with E-state index in [4.69, 9.17) is 49.0 Å². The first kappa shape index (κ1) is 25.4. The number of carbonyl (C=O) groups excluding carboxylic acids is 1. The van der Waals surface area contributed by atoms with Gasteiger partial charge in [-0.3, -0.25) is 0 Å². The minimum absolute atomic E-state index is 0.211. The Bertz CT molecular complexity index is 897. The van der Waals surface area contributed by atoms with Crippen LogP contribution in [0, 0.1) is 5.92 Å². The minimum atomic E-state index is -0.584. The first-order valence-corrected chi connectivity index (χ1v) is 11.1. The van der Waals surface area contributed by atoms with E-state index in [0.29, 0.717) is 44.7 Å². The van der Waals surface area contributed by atoms with Gasteiger partial charge in [0.25, 0.3) is 0 Å². The summed E-state index contributed by atoms with van der Waals surface area (Å²) in [6, 6.07) is 9.73. The summed E-state index contributed by atoms with van der Waals surface area (Å²) >= 11 is 18.3. The average Bonchev–Trinajstić information content (AvgIpc) is 2.61. The predicted molar refractivity (Wildman–Crippen MR) is 126 cm³/mol. The Morgan fingerprint density at radius 2 is 1.58 bits per heavy atom. The second kappa shape index (κ2) is 11.2. The zero-order valence-corrected chi connectivity index (χ0v) is 20.6. The van der Waals surface area contributed by atoms with Gasteiger partial charge in [-0.05, 0) is 63.4 Å². The normalized spacial score (nSPS) is 12.4. The lowest BCUT2D eigenvalue weighted by atomic mass is 10.0. The Kier molecular flexibility index (Phi) is 9.16. The molecule has 0 saturated carbocycles. The third-order valence-corrected chi connectivity index (χ3v) is 4.70. The fourth-order valence-corrected chi connectivity index (χ4v) is 3.37. The van der Waals surface area contributed by atoms with E-state index in [1.54, 1.807) is 36.4 Å². The Morgan fingerprint density at radius 3 is 2.16 bits per heavy atom. The van der Waals surface area contributed by atoms with Gasteiger partial charge in [0.2, 0.25) is 0 Å². The molecular formula is C23H28Cl3NO4. The van der Waals surface area contributed by atoms with Crippen LogP contribution in [0.15, 0.2) is 36.4 Å². The molecule has 0 aliphatic carbocycles. The summed E-state index contributed by atoms with van der Waals surface area (Å²) in [5.41, 5.74) is -0.584. The van der Waals surface area contributed by atoms with Gasteiger partial charge in [0.15, 0.2) is 11.5 Å². The van der Waals surface area contributed by atoms with Crippen LogP contribution in [-0.4, -0.2) is 24.3 Å². The lowest BCUT2D eigenvalue weighted by Gasteiger charge is -2.25. The number of nitrogens with one attached hydrogen (secondary N) is 1. The van der Waals surface area contributed by atoms with Crippen LogP contribution in [0.2, 0.25) is 15.1 Å². The third-order valence-electron chi connectivity index (χ3n) is 3.94. The molecule has 0 aromatic heterocycles. The largest absolute Gasteiger partial charge is 0.487 e. The molecule has 2 aromatic carbocycles. The van der Waals surface area contributed by atoms with Gasteiger partial charge in [-0.25, -0.2) is 4.79 Å². The lowest BCUT2D eigenvalue weighted by Crippen LogP contribution is -2.42. The molecule has 0 aliphatic heterocycles. The Labute approximate surface area is 198 Å². The van der Waals surface area contributed by atoms with E-state index >= 15 is 0 Å². The summed E-state index contributed by atoms with van der Waals surface area (Å²) in [6.07, 6.45) is 0.219. The van der Waals surface area contributed by atoms with E-state index in [9.17, 15) is 4.79 Å². The molecule has 0 saturated heterocycles. The average molecular weight is 489 g/mol. The Balaban J connectivity index is 2.15. The number of benzene rings is 2. The smallest absolute Gasteiger partial charge is 0.407 e. The van der Waals surface area contributed by atoms with Gasteiger partial charge in [0.05, 0.1) is 11.1 Å². The highest BCUT2D eigenvalue weighted by Crippen LogP contribution is 2.37. The highest BCUT2D eigenvalue weighted by atomic mass is 35.5. The molecule has 170 valence electrons. The van der Waals surface area contributed by atoms with Gasteiger partial charge in [0.1, 0.15) is 18.0 Å². The summed E-state index contributed by atoms with van der Waals surface area (Å²) in [6.45, 7) is 9.80. The molecule has 2 aromatic rings. The van der Waals surface area contributed by atoms with E-state index in [1.807, 2.05) is 20.8 Å². The summed E-state index contributed by atoms with van der Waals surface area (Å²) < 4.78 is 17.3. The third kappa shape index (κ3) is 9.06. The van der Waals surface area contributed by atoms with E-state index in [1.165, 1.54) is 0 Å². The molecule has 0 bridgehead atoms. The molecule has 2 rings (SSSR count). The van der Waals surface area contributed by atoms with Crippen molar-refractivity contribution in [3.8, 4) is 17.2 Å². The van der Waals surface area contributed by atoms with Crippen LogP contribution >= 0.6 is 34.8 Å². The summed E-state index contributed by atoms with van der Waals surface area (Å²) in [7, 11) is 0. The van der Waals surface area contributed by atoms with E-state index < -0.39 is 11.7 Å². The summed E-state index contributed by atoms with van der Waals surface area (Å²) in [5, 5.41) is 4.25. The summed E-state index contributed by atoms with van der Waals surface area (Å²) in [4.78, 5) is 12.2. The van der Waals surface area contributed by atoms with Gasteiger partial charge < -0.3 is 19.5 Å². The van der Waals surface area contributed by atoms with Crippen molar-refractivity contribution in [2.24, 2.45) is 5.92 Å². The number of hydrogen-bond acceptors (Lipinski definition) is 4. The van der Waals surface area contributed by atoms with Gasteiger partial charge in [0, 0.05) is 16.1 Å². The molecule has 31 heavy (non-hydrogen) atoms. The van der Waals surface area contributed by atoms with Crippen molar-refractivity contribution >= 4 is 40.9 Å². The van der Waals surface area contributed by atoms with Crippen LogP contribution in [0.1, 0.15) is 41.0 Å². The van der Waals surface area contributed by atoms with Gasteiger partial charge in [-0.15, -0.1) is 0 Å². The predicted octanol–water partition coefficient (Wildman–Crippen LogP) is 7.76. The van der Waals surface area contributed by atoms with Crippen LogP contribution in [0.5, 0.6) is 17.2 Å². The topological polar surface area (TPSA) is 56.8 Å². The van der Waals surface area contributed by atoms with Gasteiger partial charge in [-0.1, -0.05) is 48.7 Å². The molecule has 0 fully saturated rings. The standard InChI is InChI=1S/C23H28Cl3NO4/c1-14(2)10-17(27-22(28)31-23(3,4)5)13-29-21-12-16(25)7-9-20(21)30-19-8-6-15(24)11-18(19)26/h6-9,11-12,14,17H,10,13H2,1-5H3,(H,27,28). The van der Waals surface area contributed by atoms with E-state index in [-0.39, 0.29) is 12.6 Å². The maximum absolute atomic E-state index is 12.2. The molecule has 8 heteroatoms. The molecule has 5 nitrogen and oxygen atoms in total. The molecule has 0 heterocycles. The second-order valence-corrected chi connectivity index (χ2v) is 9.83. The monoisotopic (exact) mass is 487 g/mol. The number of carbonyl (C=O) groups is 1. The minimum Gasteiger partial charge on any atom is -0.487 e. The molecule has 1 atom stereocenters. The summed E-state index contributed by atoms with van der Waals surface area (Å²) in [5.74, 6) is 1.64. The van der Waals surface area contributed by atoms with Crippen molar-refractivity contribution in [3.05, 3.63) is 51.5 Å². The number of rotatable bonds is 8. The van der Waals surface area contributed by atoms with Crippen LogP contribution < -0.4 is 14.8 Å². The van der Waals surface area contributed by atoms with Crippen LogP contribution in [-0.2, 0) is 4.74 Å². The molecule has 0 radical (unpaired) electrons. The highest BCUT2D eigenvalue weighted by Gasteiger charge is 2.21. The highest BCUT2D eigenvalue weighted by molar-refractivity contribution is 6.35. The van der Waals surface area contributed by atoms with Crippen LogP contribution in [0.3, 0.4) is 0 Å². The fraction of sp³-hybridized carbons (Fsp3) is 0.435. The first-order valence-electron chi connectivity index (χ1n) is 9.97. The van der Waals surface area contributed by atoms with Crippen molar-refractivity contribution in [1.82, 2.24) is 5.32 Å². The van der Waals surface area contributed by atoms with Crippen molar-refractivity contribution in [2.75, 3.05) is 6.61 Å². The lowest BCUT2D eigenvalue weighted by molar-refractivity contribution is 0.0480. The van der Waals surface area contributed by atoms with Crippen molar-refractivity contribution in [3.63, 3.8) is 0 Å². The van der Waals surface area contributed by atoms with E-state index in [2.05, 4.69) is 19.2 Å². The fourth-order valence-electron chi connectivity index (χ4n) is 2.76. The number of amides is 1. The van der Waals surface area contributed by atoms with Crippen LogP contribution in [0.4, 0.5) is 4.79 Å².